The number of Topliss-reactive ketones (excluding diaryl/α,β-unsaturated/α-hetero) is 1. The van der Waals surface area contributed by atoms with Crippen LogP contribution in [0.2, 0.25) is 0 Å². The van der Waals surface area contributed by atoms with Gasteiger partial charge < -0.3 is 0 Å². The number of carbonyl (C=O) groups is 1. The third-order valence-corrected chi connectivity index (χ3v) is 4.69. The van der Waals surface area contributed by atoms with Crippen molar-refractivity contribution in [3.8, 4) is 0 Å². The van der Waals surface area contributed by atoms with Crippen LogP contribution in [0, 0.1) is 17.3 Å². The van der Waals surface area contributed by atoms with Crippen LogP contribution in [0.4, 0.5) is 0 Å². The highest BCUT2D eigenvalue weighted by atomic mass is 16.1. The summed E-state index contributed by atoms with van der Waals surface area (Å²) in [7, 11) is 0. The van der Waals surface area contributed by atoms with Gasteiger partial charge in [-0.1, -0.05) is 25.5 Å². The Labute approximate surface area is 92.9 Å². The summed E-state index contributed by atoms with van der Waals surface area (Å²) in [4.78, 5) is 12.1. The lowest BCUT2D eigenvalue weighted by molar-refractivity contribution is -0.129. The van der Waals surface area contributed by atoms with E-state index in [0.717, 1.165) is 25.2 Å². The lowest BCUT2D eigenvalue weighted by Gasteiger charge is -2.39. The van der Waals surface area contributed by atoms with E-state index in [1.54, 1.807) is 0 Å². The van der Waals surface area contributed by atoms with Crippen molar-refractivity contribution >= 4 is 5.78 Å². The summed E-state index contributed by atoms with van der Waals surface area (Å²) in [5.74, 6) is 1.56. The van der Waals surface area contributed by atoms with E-state index in [1.165, 1.54) is 18.4 Å². The lowest BCUT2D eigenvalue weighted by Crippen LogP contribution is -2.37. The summed E-state index contributed by atoms with van der Waals surface area (Å²) in [6.45, 7) is 6.79. The Morgan fingerprint density at radius 3 is 2.80 bits per heavy atom. The summed E-state index contributed by atoms with van der Waals surface area (Å²) in [5, 5.41) is 0. The Morgan fingerprint density at radius 1 is 1.47 bits per heavy atom. The van der Waals surface area contributed by atoms with Crippen LogP contribution in [0.3, 0.4) is 0 Å². The number of hydrogen-bond acceptors (Lipinski definition) is 1. The van der Waals surface area contributed by atoms with Gasteiger partial charge in [-0.2, -0.15) is 0 Å². The van der Waals surface area contributed by atoms with E-state index in [4.69, 9.17) is 0 Å². The minimum Gasteiger partial charge on any atom is -0.299 e. The first kappa shape index (κ1) is 10.9. The van der Waals surface area contributed by atoms with E-state index in [1.807, 2.05) is 0 Å². The normalized spacial score (nSPS) is 41.8. The molecule has 2 aliphatic carbocycles. The molecule has 0 aliphatic heterocycles. The predicted octanol–water partition coefficient (Wildman–Crippen LogP) is 3.74. The third kappa shape index (κ3) is 1.77. The summed E-state index contributed by atoms with van der Waals surface area (Å²) in [5.41, 5.74) is 1.64. The van der Waals surface area contributed by atoms with Crippen molar-refractivity contribution in [1.82, 2.24) is 0 Å². The van der Waals surface area contributed by atoms with Gasteiger partial charge in [0.15, 0.2) is 0 Å². The monoisotopic (exact) mass is 206 g/mol. The van der Waals surface area contributed by atoms with Crippen LogP contribution in [-0.4, -0.2) is 5.78 Å². The standard InChI is InChI=1S/C14H22O/c1-10-6-7-13(15)12(9-10)14(3)8-4-5-11(14)2/h5,10,12H,4,6-9H2,1-3H3/t10-,12+,14+/m0/s1. The average molecular weight is 206 g/mol. The minimum absolute atomic E-state index is 0.186. The largest absolute Gasteiger partial charge is 0.299 e. The number of rotatable bonds is 1. The van der Waals surface area contributed by atoms with Gasteiger partial charge in [-0.15, -0.1) is 0 Å². The lowest BCUT2D eigenvalue weighted by atomic mass is 9.64. The van der Waals surface area contributed by atoms with Gasteiger partial charge in [0, 0.05) is 12.3 Å². The molecule has 0 aromatic rings. The molecule has 0 radical (unpaired) electrons. The van der Waals surface area contributed by atoms with Gasteiger partial charge in [0.25, 0.3) is 0 Å². The fraction of sp³-hybridized carbons (Fsp3) is 0.786. The summed E-state index contributed by atoms with van der Waals surface area (Å²) < 4.78 is 0. The van der Waals surface area contributed by atoms with E-state index in [9.17, 15) is 4.79 Å². The van der Waals surface area contributed by atoms with Crippen molar-refractivity contribution in [3.63, 3.8) is 0 Å². The summed E-state index contributed by atoms with van der Waals surface area (Å²) >= 11 is 0. The molecule has 0 N–H and O–H groups in total. The quantitative estimate of drug-likeness (QED) is 0.597. The van der Waals surface area contributed by atoms with Crippen molar-refractivity contribution in [3.05, 3.63) is 11.6 Å². The molecule has 1 fully saturated rings. The average Bonchev–Trinajstić information content (AvgIpc) is 2.52. The maximum absolute atomic E-state index is 12.1. The first-order valence-corrected chi connectivity index (χ1v) is 6.24. The number of ketones is 1. The Balaban J connectivity index is 2.21. The molecule has 3 atom stereocenters. The highest BCUT2D eigenvalue weighted by Gasteiger charge is 2.43. The molecule has 2 aliphatic rings. The fourth-order valence-corrected chi connectivity index (χ4v) is 3.30. The molecule has 0 unspecified atom stereocenters. The first-order valence-electron chi connectivity index (χ1n) is 6.24. The molecular formula is C14H22O. The van der Waals surface area contributed by atoms with E-state index in [2.05, 4.69) is 26.8 Å². The van der Waals surface area contributed by atoms with Gasteiger partial charge in [0.05, 0.1) is 0 Å². The van der Waals surface area contributed by atoms with Crippen molar-refractivity contribution in [2.75, 3.05) is 0 Å². The van der Waals surface area contributed by atoms with Gasteiger partial charge in [-0.3, -0.25) is 4.79 Å². The zero-order valence-electron chi connectivity index (χ0n) is 10.2. The molecule has 2 rings (SSSR count). The zero-order chi connectivity index (χ0) is 11.1. The van der Waals surface area contributed by atoms with Crippen LogP contribution in [0.15, 0.2) is 11.6 Å². The minimum atomic E-state index is 0.186. The van der Waals surface area contributed by atoms with Crippen LogP contribution in [-0.2, 0) is 4.79 Å². The summed E-state index contributed by atoms with van der Waals surface area (Å²) in [6.07, 6.45) is 7.71. The van der Waals surface area contributed by atoms with Crippen LogP contribution in [0.1, 0.15) is 52.9 Å². The molecule has 1 heteroatoms. The molecule has 0 saturated heterocycles. The van der Waals surface area contributed by atoms with Crippen molar-refractivity contribution in [2.45, 2.75) is 52.9 Å². The first-order chi connectivity index (χ1) is 7.04. The van der Waals surface area contributed by atoms with E-state index in [-0.39, 0.29) is 5.41 Å². The second kappa shape index (κ2) is 3.77. The molecule has 1 nitrogen and oxygen atoms in total. The highest BCUT2D eigenvalue weighted by molar-refractivity contribution is 5.83. The molecule has 15 heavy (non-hydrogen) atoms. The van der Waals surface area contributed by atoms with Gasteiger partial charge in [0.2, 0.25) is 0 Å². The van der Waals surface area contributed by atoms with E-state index >= 15 is 0 Å². The fourth-order valence-electron chi connectivity index (χ4n) is 3.30. The van der Waals surface area contributed by atoms with Crippen molar-refractivity contribution < 1.29 is 4.79 Å². The van der Waals surface area contributed by atoms with Gasteiger partial charge in [-0.05, 0) is 43.9 Å². The Bertz CT molecular complexity index is 302. The molecular weight excluding hydrogens is 184 g/mol. The SMILES string of the molecule is CC1=CCC[C@@]1(C)[C@@H]1C[C@@H](C)CCC1=O. The number of carbonyl (C=O) groups excluding carboxylic acids is 1. The molecule has 1 saturated carbocycles. The van der Waals surface area contributed by atoms with Crippen LogP contribution in [0.5, 0.6) is 0 Å². The maximum atomic E-state index is 12.1. The smallest absolute Gasteiger partial charge is 0.136 e. The number of hydrogen-bond donors (Lipinski definition) is 0. The van der Waals surface area contributed by atoms with E-state index < -0.39 is 0 Å². The van der Waals surface area contributed by atoms with E-state index in [0.29, 0.717) is 11.7 Å². The molecule has 0 spiro atoms. The predicted molar refractivity (Wildman–Crippen MR) is 62.6 cm³/mol. The molecule has 0 aromatic carbocycles. The molecule has 0 aromatic heterocycles. The molecule has 84 valence electrons. The Kier molecular flexibility index (Phi) is 2.74. The highest BCUT2D eigenvalue weighted by Crippen LogP contribution is 2.49. The zero-order valence-corrected chi connectivity index (χ0v) is 10.2. The topological polar surface area (TPSA) is 17.1 Å². The van der Waals surface area contributed by atoms with Gasteiger partial charge in [-0.25, -0.2) is 0 Å². The molecule has 0 amide bonds. The van der Waals surface area contributed by atoms with Crippen LogP contribution < -0.4 is 0 Å². The number of allylic oxidation sites excluding steroid dienone is 2. The van der Waals surface area contributed by atoms with Crippen molar-refractivity contribution in [2.24, 2.45) is 17.3 Å². The second-order valence-corrected chi connectivity index (χ2v) is 5.74. The second-order valence-electron chi connectivity index (χ2n) is 5.74. The van der Waals surface area contributed by atoms with Gasteiger partial charge in [0.1, 0.15) is 5.78 Å². The van der Waals surface area contributed by atoms with Crippen molar-refractivity contribution in [1.29, 1.82) is 0 Å². The molecule has 0 bridgehead atoms. The van der Waals surface area contributed by atoms with Gasteiger partial charge >= 0.3 is 0 Å². The van der Waals surface area contributed by atoms with Crippen LogP contribution in [0.25, 0.3) is 0 Å². The Hall–Kier alpha value is -0.590. The Morgan fingerprint density at radius 2 is 2.20 bits per heavy atom. The summed E-state index contributed by atoms with van der Waals surface area (Å²) in [6, 6.07) is 0. The molecule has 0 heterocycles. The third-order valence-electron chi connectivity index (χ3n) is 4.69. The maximum Gasteiger partial charge on any atom is 0.136 e. The van der Waals surface area contributed by atoms with Crippen LogP contribution >= 0.6 is 0 Å².